The van der Waals surface area contributed by atoms with E-state index in [9.17, 15) is 13.9 Å². The van der Waals surface area contributed by atoms with Crippen molar-refractivity contribution >= 4 is 0 Å². The van der Waals surface area contributed by atoms with Crippen LogP contribution < -0.4 is 10.1 Å². The Kier molecular flexibility index (Phi) is 5.69. The molecule has 0 amide bonds. The van der Waals surface area contributed by atoms with E-state index in [1.54, 1.807) is 0 Å². The molecule has 0 aliphatic heterocycles. The summed E-state index contributed by atoms with van der Waals surface area (Å²) in [5, 5.41) is 12.6. The van der Waals surface area contributed by atoms with Crippen molar-refractivity contribution in [2.45, 2.75) is 38.8 Å². The molecule has 1 rings (SSSR count). The van der Waals surface area contributed by atoms with E-state index in [1.807, 2.05) is 20.8 Å². The largest absolute Gasteiger partial charge is 0.488 e. The molecule has 0 aliphatic carbocycles. The number of benzene rings is 1. The minimum atomic E-state index is -0.720. The van der Waals surface area contributed by atoms with Crippen LogP contribution in [0.5, 0.6) is 5.75 Å². The molecule has 0 saturated carbocycles. The summed E-state index contributed by atoms with van der Waals surface area (Å²) in [5.41, 5.74) is -0.532. The molecule has 0 fully saturated rings. The first kappa shape index (κ1) is 15.9. The number of para-hydroxylation sites is 1. The van der Waals surface area contributed by atoms with Crippen LogP contribution in [0.4, 0.5) is 8.78 Å². The predicted octanol–water partition coefficient (Wildman–Crippen LogP) is 2.48. The van der Waals surface area contributed by atoms with Gasteiger partial charge in [0.1, 0.15) is 0 Å². The standard InChI is InChI=1S/C14H21F2NO2/c1-10(2)17-14(3,9-18)7-8-19-13-11(15)5-4-6-12(13)16/h4-6,10,17-18H,7-9H2,1-3H3. The van der Waals surface area contributed by atoms with Crippen molar-refractivity contribution in [3.63, 3.8) is 0 Å². The van der Waals surface area contributed by atoms with Gasteiger partial charge in [0.05, 0.1) is 13.2 Å². The molecule has 19 heavy (non-hydrogen) atoms. The Morgan fingerprint density at radius 1 is 1.32 bits per heavy atom. The average Bonchev–Trinajstić information content (AvgIpc) is 2.32. The zero-order valence-electron chi connectivity index (χ0n) is 11.5. The maximum atomic E-state index is 13.3. The lowest BCUT2D eigenvalue weighted by molar-refractivity contribution is 0.134. The Bertz CT molecular complexity index is 392. The molecule has 1 aromatic carbocycles. The summed E-state index contributed by atoms with van der Waals surface area (Å²) in [5.74, 6) is -1.81. The minimum Gasteiger partial charge on any atom is -0.488 e. The third-order valence-electron chi connectivity index (χ3n) is 2.81. The molecule has 1 unspecified atom stereocenters. The number of aliphatic hydroxyl groups excluding tert-OH is 1. The van der Waals surface area contributed by atoms with Crippen LogP contribution in [0.1, 0.15) is 27.2 Å². The molecular formula is C14H21F2NO2. The Hall–Kier alpha value is -1.20. The molecular weight excluding hydrogens is 252 g/mol. The van der Waals surface area contributed by atoms with Crippen molar-refractivity contribution in [1.29, 1.82) is 0 Å². The quantitative estimate of drug-likeness (QED) is 0.802. The van der Waals surface area contributed by atoms with Gasteiger partial charge in [0.15, 0.2) is 17.4 Å². The maximum Gasteiger partial charge on any atom is 0.190 e. The molecule has 0 heterocycles. The van der Waals surface area contributed by atoms with Crippen molar-refractivity contribution in [2.75, 3.05) is 13.2 Å². The van der Waals surface area contributed by atoms with E-state index in [0.29, 0.717) is 6.42 Å². The van der Waals surface area contributed by atoms with E-state index in [1.165, 1.54) is 6.07 Å². The Balaban J connectivity index is 2.57. The van der Waals surface area contributed by atoms with Crippen LogP contribution in [0.2, 0.25) is 0 Å². The Morgan fingerprint density at radius 2 is 1.89 bits per heavy atom. The highest BCUT2D eigenvalue weighted by molar-refractivity contribution is 5.25. The van der Waals surface area contributed by atoms with Crippen molar-refractivity contribution in [2.24, 2.45) is 0 Å². The highest BCUT2D eigenvalue weighted by atomic mass is 19.1. The Labute approximate surface area is 112 Å². The lowest BCUT2D eigenvalue weighted by atomic mass is 9.98. The maximum absolute atomic E-state index is 13.3. The van der Waals surface area contributed by atoms with Crippen LogP contribution in [0.3, 0.4) is 0 Å². The van der Waals surface area contributed by atoms with Crippen molar-refractivity contribution in [3.8, 4) is 5.75 Å². The third-order valence-corrected chi connectivity index (χ3v) is 2.81. The van der Waals surface area contributed by atoms with Gasteiger partial charge in [-0.3, -0.25) is 0 Å². The van der Waals surface area contributed by atoms with Crippen LogP contribution in [0.15, 0.2) is 18.2 Å². The topological polar surface area (TPSA) is 41.5 Å². The average molecular weight is 273 g/mol. The van der Waals surface area contributed by atoms with Crippen LogP contribution >= 0.6 is 0 Å². The van der Waals surface area contributed by atoms with Gasteiger partial charge in [-0.25, -0.2) is 8.78 Å². The molecule has 2 N–H and O–H groups in total. The SMILES string of the molecule is CC(C)NC(C)(CO)CCOc1c(F)cccc1F. The van der Waals surface area contributed by atoms with Gasteiger partial charge in [-0.05, 0) is 19.1 Å². The van der Waals surface area contributed by atoms with Crippen LogP contribution in [0, 0.1) is 11.6 Å². The molecule has 5 heteroatoms. The molecule has 0 aliphatic rings. The van der Waals surface area contributed by atoms with E-state index < -0.39 is 17.2 Å². The molecule has 0 aromatic heterocycles. The highest BCUT2D eigenvalue weighted by Crippen LogP contribution is 2.21. The van der Waals surface area contributed by atoms with E-state index in [2.05, 4.69) is 5.32 Å². The normalized spacial score (nSPS) is 14.5. The highest BCUT2D eigenvalue weighted by Gasteiger charge is 2.24. The zero-order chi connectivity index (χ0) is 14.5. The minimum absolute atomic E-state index is 0.0751. The fourth-order valence-electron chi connectivity index (χ4n) is 1.89. The van der Waals surface area contributed by atoms with Gasteiger partial charge in [0, 0.05) is 18.0 Å². The summed E-state index contributed by atoms with van der Waals surface area (Å²) < 4.78 is 31.8. The van der Waals surface area contributed by atoms with E-state index >= 15 is 0 Å². The van der Waals surface area contributed by atoms with Gasteiger partial charge in [0.25, 0.3) is 0 Å². The van der Waals surface area contributed by atoms with Crippen LogP contribution in [-0.4, -0.2) is 29.9 Å². The van der Waals surface area contributed by atoms with Gasteiger partial charge in [0.2, 0.25) is 0 Å². The number of hydrogen-bond acceptors (Lipinski definition) is 3. The van der Waals surface area contributed by atoms with Gasteiger partial charge < -0.3 is 15.2 Å². The van der Waals surface area contributed by atoms with Gasteiger partial charge >= 0.3 is 0 Å². The molecule has 3 nitrogen and oxygen atoms in total. The van der Waals surface area contributed by atoms with E-state index in [0.717, 1.165) is 12.1 Å². The molecule has 1 aromatic rings. The van der Waals surface area contributed by atoms with E-state index in [4.69, 9.17) is 4.74 Å². The lowest BCUT2D eigenvalue weighted by Crippen LogP contribution is -2.50. The summed E-state index contributed by atoms with van der Waals surface area (Å²) >= 11 is 0. The molecule has 0 radical (unpaired) electrons. The fraction of sp³-hybridized carbons (Fsp3) is 0.571. The predicted molar refractivity (Wildman–Crippen MR) is 70.2 cm³/mol. The smallest absolute Gasteiger partial charge is 0.190 e. The number of aliphatic hydroxyl groups is 1. The lowest BCUT2D eigenvalue weighted by Gasteiger charge is -2.31. The van der Waals surface area contributed by atoms with Gasteiger partial charge in [-0.1, -0.05) is 19.9 Å². The molecule has 0 spiro atoms. The summed E-state index contributed by atoms with van der Waals surface area (Å²) in [7, 11) is 0. The van der Waals surface area contributed by atoms with Crippen LogP contribution in [0.25, 0.3) is 0 Å². The summed E-state index contributed by atoms with van der Waals surface area (Å²) in [6, 6.07) is 3.78. The number of rotatable bonds is 7. The summed E-state index contributed by atoms with van der Waals surface area (Å²) in [6.45, 7) is 5.81. The first-order valence-corrected chi connectivity index (χ1v) is 6.33. The summed E-state index contributed by atoms with van der Waals surface area (Å²) in [4.78, 5) is 0. The Morgan fingerprint density at radius 3 is 2.37 bits per heavy atom. The fourth-order valence-corrected chi connectivity index (χ4v) is 1.89. The van der Waals surface area contributed by atoms with Crippen molar-refractivity contribution < 1.29 is 18.6 Å². The molecule has 0 bridgehead atoms. The van der Waals surface area contributed by atoms with E-state index in [-0.39, 0.29) is 25.0 Å². The summed E-state index contributed by atoms with van der Waals surface area (Å²) in [6.07, 6.45) is 0.440. The zero-order valence-corrected chi connectivity index (χ0v) is 11.5. The van der Waals surface area contributed by atoms with Gasteiger partial charge in [-0.2, -0.15) is 0 Å². The van der Waals surface area contributed by atoms with Gasteiger partial charge in [-0.15, -0.1) is 0 Å². The van der Waals surface area contributed by atoms with Crippen LogP contribution in [-0.2, 0) is 0 Å². The van der Waals surface area contributed by atoms with Crippen molar-refractivity contribution in [1.82, 2.24) is 5.32 Å². The first-order chi connectivity index (χ1) is 8.88. The molecule has 0 saturated heterocycles. The monoisotopic (exact) mass is 273 g/mol. The van der Waals surface area contributed by atoms with Crippen molar-refractivity contribution in [3.05, 3.63) is 29.8 Å². The molecule has 108 valence electrons. The second-order valence-electron chi connectivity index (χ2n) is 5.17. The first-order valence-electron chi connectivity index (χ1n) is 6.33. The second kappa shape index (κ2) is 6.82. The number of ether oxygens (including phenoxy) is 1. The second-order valence-corrected chi connectivity index (χ2v) is 5.17. The number of hydrogen-bond donors (Lipinski definition) is 2. The number of nitrogens with one attached hydrogen (secondary N) is 1. The third kappa shape index (κ3) is 4.76. The number of halogens is 2. The molecule has 1 atom stereocenters.